The average Bonchev–Trinajstić information content (AvgIpc) is 2.48. The molecule has 1 heterocycles. The first-order chi connectivity index (χ1) is 10.0. The van der Waals surface area contributed by atoms with Crippen LogP contribution in [0.1, 0.15) is 0 Å². The Balaban J connectivity index is 2.40. The number of nitro groups is 1. The third-order valence-electron chi connectivity index (χ3n) is 2.32. The summed E-state index contributed by atoms with van der Waals surface area (Å²) in [5, 5.41) is 13.7. The molecule has 0 saturated heterocycles. The molecular weight excluding hydrogens is 346 g/mol. The van der Waals surface area contributed by atoms with E-state index in [4.69, 9.17) is 9.47 Å². The average molecular weight is 356 g/mol. The van der Waals surface area contributed by atoms with Gasteiger partial charge in [-0.15, -0.1) is 4.98 Å². The lowest BCUT2D eigenvalue weighted by molar-refractivity contribution is -0.385. The predicted molar refractivity (Wildman–Crippen MR) is 76.8 cm³/mol. The van der Waals surface area contributed by atoms with Crippen LogP contribution in [0.5, 0.6) is 17.8 Å². The number of hydrogen-bond donors (Lipinski definition) is 1. The Bertz CT molecular complexity index is 659. The van der Waals surface area contributed by atoms with E-state index >= 15 is 0 Å². The summed E-state index contributed by atoms with van der Waals surface area (Å²) in [6.45, 7) is 0. The summed E-state index contributed by atoms with van der Waals surface area (Å²) in [5.74, 6) is 0.232. The van der Waals surface area contributed by atoms with E-state index < -0.39 is 4.92 Å². The quantitative estimate of drug-likeness (QED) is 0.642. The van der Waals surface area contributed by atoms with Gasteiger partial charge in [-0.05, 0) is 12.1 Å². The number of rotatable bonds is 5. The number of methoxy groups -OCH3 is 1. The number of aromatic nitrogens is 3. The molecule has 2 rings (SSSR count). The number of halogens is 1. The van der Waals surface area contributed by atoms with Crippen LogP contribution in [-0.4, -0.2) is 34.0 Å². The van der Waals surface area contributed by atoms with Crippen LogP contribution in [0.2, 0.25) is 0 Å². The summed E-state index contributed by atoms with van der Waals surface area (Å²) in [7, 11) is 3.00. The van der Waals surface area contributed by atoms with Crippen molar-refractivity contribution < 1.29 is 14.4 Å². The highest BCUT2D eigenvalue weighted by molar-refractivity contribution is 9.10. The minimum Gasteiger partial charge on any atom is -0.467 e. The number of nitrogens with one attached hydrogen (secondary N) is 1. The molecule has 1 aromatic heterocycles. The summed E-state index contributed by atoms with van der Waals surface area (Å²) in [5.41, 5.74) is -0.213. The number of anilines is 1. The number of hydrogen-bond acceptors (Lipinski definition) is 8. The molecule has 0 atom stereocenters. The van der Waals surface area contributed by atoms with Crippen molar-refractivity contribution >= 4 is 27.6 Å². The van der Waals surface area contributed by atoms with Gasteiger partial charge in [0, 0.05) is 17.6 Å². The molecule has 0 fully saturated rings. The molecule has 2 aromatic rings. The maximum Gasteiger partial charge on any atom is 0.330 e. The molecule has 0 aliphatic rings. The van der Waals surface area contributed by atoms with Gasteiger partial charge in [-0.1, -0.05) is 15.9 Å². The molecule has 110 valence electrons. The van der Waals surface area contributed by atoms with Crippen LogP contribution in [0.4, 0.5) is 11.6 Å². The molecular formula is C11H10BrN5O4. The molecule has 0 aliphatic heterocycles. The third-order valence-corrected chi connectivity index (χ3v) is 2.81. The van der Waals surface area contributed by atoms with E-state index in [-0.39, 0.29) is 29.4 Å². The molecule has 0 bridgehead atoms. The highest BCUT2D eigenvalue weighted by Crippen LogP contribution is 2.32. The van der Waals surface area contributed by atoms with E-state index in [0.29, 0.717) is 4.47 Å². The standard InChI is InChI=1S/C11H10BrN5O4/c1-13-9-14-10(20-2)16-11(15-9)21-8-4-3-6(12)5-7(8)17(18)19/h3-5H,1-2H3,(H,13,14,15,16). The number of nitro benzene ring substituents is 1. The lowest BCUT2D eigenvalue weighted by Gasteiger charge is -2.07. The number of nitrogens with zero attached hydrogens (tertiary/aromatic N) is 4. The first kappa shape index (κ1) is 14.9. The van der Waals surface area contributed by atoms with Crippen LogP contribution >= 0.6 is 15.9 Å². The molecule has 0 aliphatic carbocycles. The highest BCUT2D eigenvalue weighted by Gasteiger charge is 2.18. The zero-order valence-corrected chi connectivity index (χ0v) is 12.6. The van der Waals surface area contributed by atoms with Gasteiger partial charge < -0.3 is 14.8 Å². The maximum atomic E-state index is 11.0. The van der Waals surface area contributed by atoms with Crippen molar-refractivity contribution in [3.05, 3.63) is 32.8 Å². The molecule has 1 N–H and O–H groups in total. The molecule has 0 saturated carbocycles. The molecule has 1 aromatic carbocycles. The van der Waals surface area contributed by atoms with Crippen molar-refractivity contribution in [1.29, 1.82) is 0 Å². The van der Waals surface area contributed by atoms with Crippen molar-refractivity contribution in [2.45, 2.75) is 0 Å². The number of benzene rings is 1. The zero-order chi connectivity index (χ0) is 15.4. The SMILES string of the molecule is CNc1nc(OC)nc(Oc2ccc(Br)cc2[N+](=O)[O-])n1. The number of ether oxygens (including phenoxy) is 2. The minimum atomic E-state index is -0.558. The second-order valence-corrected chi connectivity index (χ2v) is 4.57. The fourth-order valence-corrected chi connectivity index (χ4v) is 1.75. The van der Waals surface area contributed by atoms with Gasteiger partial charge in [0.15, 0.2) is 0 Å². The summed E-state index contributed by atoms with van der Waals surface area (Å²) in [6.07, 6.45) is 0. The summed E-state index contributed by atoms with van der Waals surface area (Å²) >= 11 is 3.16. The minimum absolute atomic E-state index is 0.0125. The van der Waals surface area contributed by atoms with E-state index in [1.165, 1.54) is 19.2 Å². The normalized spacial score (nSPS) is 10.0. The smallest absolute Gasteiger partial charge is 0.330 e. The molecule has 9 nitrogen and oxygen atoms in total. The summed E-state index contributed by atoms with van der Waals surface area (Å²) < 4.78 is 10.8. The third kappa shape index (κ3) is 3.54. The van der Waals surface area contributed by atoms with Gasteiger partial charge in [0.1, 0.15) is 0 Å². The van der Waals surface area contributed by atoms with Crippen LogP contribution in [0.3, 0.4) is 0 Å². The Morgan fingerprint density at radius 3 is 2.62 bits per heavy atom. The Morgan fingerprint density at radius 1 is 1.29 bits per heavy atom. The molecule has 0 unspecified atom stereocenters. The highest BCUT2D eigenvalue weighted by atomic mass is 79.9. The van der Waals surface area contributed by atoms with Crippen molar-refractivity contribution in [2.24, 2.45) is 0 Å². The van der Waals surface area contributed by atoms with E-state index in [0.717, 1.165) is 0 Å². The van der Waals surface area contributed by atoms with Crippen LogP contribution in [0.15, 0.2) is 22.7 Å². The summed E-state index contributed by atoms with van der Waals surface area (Å²) in [4.78, 5) is 22.2. The molecule has 0 spiro atoms. The fourth-order valence-electron chi connectivity index (χ4n) is 1.40. The van der Waals surface area contributed by atoms with Crippen LogP contribution < -0.4 is 14.8 Å². The largest absolute Gasteiger partial charge is 0.467 e. The lowest BCUT2D eigenvalue weighted by Crippen LogP contribution is -2.04. The van der Waals surface area contributed by atoms with Crippen LogP contribution in [0, 0.1) is 10.1 Å². The first-order valence-electron chi connectivity index (χ1n) is 5.63. The van der Waals surface area contributed by atoms with Gasteiger partial charge in [-0.2, -0.15) is 9.97 Å². The summed E-state index contributed by atoms with van der Waals surface area (Å²) in [6, 6.07) is 4.30. The van der Waals surface area contributed by atoms with Gasteiger partial charge in [0.2, 0.25) is 11.7 Å². The fraction of sp³-hybridized carbons (Fsp3) is 0.182. The van der Waals surface area contributed by atoms with Crippen molar-refractivity contribution in [3.63, 3.8) is 0 Å². The second kappa shape index (κ2) is 6.31. The Morgan fingerprint density at radius 2 is 2.00 bits per heavy atom. The van der Waals surface area contributed by atoms with Gasteiger partial charge in [-0.3, -0.25) is 10.1 Å². The monoisotopic (exact) mass is 355 g/mol. The molecule has 10 heteroatoms. The van der Waals surface area contributed by atoms with Crippen molar-refractivity contribution in [2.75, 3.05) is 19.5 Å². The second-order valence-electron chi connectivity index (χ2n) is 3.65. The predicted octanol–water partition coefficient (Wildman–Crippen LogP) is 2.38. The van der Waals surface area contributed by atoms with Crippen molar-refractivity contribution in [3.8, 4) is 17.8 Å². The van der Waals surface area contributed by atoms with E-state index in [2.05, 4.69) is 36.2 Å². The van der Waals surface area contributed by atoms with Crippen LogP contribution in [-0.2, 0) is 0 Å². The van der Waals surface area contributed by atoms with Gasteiger partial charge in [-0.25, -0.2) is 0 Å². The van der Waals surface area contributed by atoms with E-state index in [1.54, 1.807) is 13.1 Å². The molecule has 0 amide bonds. The van der Waals surface area contributed by atoms with E-state index in [1.807, 2.05) is 0 Å². The first-order valence-corrected chi connectivity index (χ1v) is 6.42. The molecule has 0 radical (unpaired) electrons. The van der Waals surface area contributed by atoms with Crippen molar-refractivity contribution in [1.82, 2.24) is 15.0 Å². The Labute approximate surface area is 127 Å². The lowest BCUT2D eigenvalue weighted by atomic mass is 10.3. The van der Waals surface area contributed by atoms with Crippen LogP contribution in [0.25, 0.3) is 0 Å². The topological polar surface area (TPSA) is 112 Å². The molecule has 21 heavy (non-hydrogen) atoms. The van der Waals surface area contributed by atoms with Gasteiger partial charge in [0.25, 0.3) is 0 Å². The zero-order valence-electron chi connectivity index (χ0n) is 11.0. The van der Waals surface area contributed by atoms with E-state index in [9.17, 15) is 10.1 Å². The maximum absolute atomic E-state index is 11.0. The van der Waals surface area contributed by atoms with Gasteiger partial charge >= 0.3 is 17.7 Å². The van der Waals surface area contributed by atoms with Gasteiger partial charge in [0.05, 0.1) is 12.0 Å². The Hall–Kier alpha value is -2.49. The Kier molecular flexibility index (Phi) is 4.48.